The number of anilines is 2. The molecule has 0 radical (unpaired) electrons. The molecule has 0 saturated heterocycles. The van der Waals surface area contributed by atoms with Gasteiger partial charge in [-0.2, -0.15) is 0 Å². The SMILES string of the molecule is CC(=N)/C(C(=O)Nc1ccc(OC2=CC=CN/C2=C\C=N)c(F)c1)=C(/C)Nc1ccccc1. The maximum absolute atomic E-state index is 14.7. The van der Waals surface area contributed by atoms with Crippen LogP contribution in [0.1, 0.15) is 13.8 Å². The van der Waals surface area contributed by atoms with Gasteiger partial charge in [-0.1, -0.05) is 18.2 Å². The molecule has 33 heavy (non-hydrogen) atoms. The van der Waals surface area contributed by atoms with E-state index < -0.39 is 11.7 Å². The number of amides is 1. The maximum atomic E-state index is 14.7. The summed E-state index contributed by atoms with van der Waals surface area (Å²) < 4.78 is 20.3. The second kappa shape index (κ2) is 10.7. The van der Waals surface area contributed by atoms with Gasteiger partial charge in [0.25, 0.3) is 5.91 Å². The number of ether oxygens (including phenoxy) is 1. The van der Waals surface area contributed by atoms with Crippen molar-refractivity contribution in [3.8, 4) is 5.75 Å². The average molecular weight is 445 g/mol. The van der Waals surface area contributed by atoms with Crippen molar-refractivity contribution in [2.24, 2.45) is 0 Å². The number of halogens is 1. The Balaban J connectivity index is 1.77. The Morgan fingerprint density at radius 2 is 1.85 bits per heavy atom. The minimum Gasteiger partial charge on any atom is -0.452 e. The molecule has 0 saturated carbocycles. The second-order valence-corrected chi connectivity index (χ2v) is 7.10. The van der Waals surface area contributed by atoms with Crippen LogP contribution in [0.25, 0.3) is 0 Å². The fraction of sp³-hybridized carbons (Fsp3) is 0.0800. The summed E-state index contributed by atoms with van der Waals surface area (Å²) in [4.78, 5) is 12.9. The van der Waals surface area contributed by atoms with Crippen molar-refractivity contribution in [1.29, 1.82) is 10.8 Å². The zero-order valence-electron chi connectivity index (χ0n) is 18.2. The Morgan fingerprint density at radius 3 is 2.52 bits per heavy atom. The standard InChI is InChI=1S/C25H24FN5O2/c1-16(28)24(17(2)30-18-7-4-3-5-8-18)25(32)31-19-10-11-22(20(26)15-19)33-23-9-6-14-29-21(23)12-13-27/h3-15,27-30H,1-2H3,(H,31,32)/b21-12-,24-17+,27-13?,28-16?. The van der Waals surface area contributed by atoms with Gasteiger partial charge in [0.05, 0.1) is 11.3 Å². The van der Waals surface area contributed by atoms with Crippen molar-refractivity contribution < 1.29 is 13.9 Å². The van der Waals surface area contributed by atoms with Gasteiger partial charge < -0.3 is 31.5 Å². The van der Waals surface area contributed by atoms with Crippen LogP contribution >= 0.6 is 0 Å². The molecule has 168 valence electrons. The van der Waals surface area contributed by atoms with Crippen LogP contribution in [0.4, 0.5) is 15.8 Å². The number of benzene rings is 2. The van der Waals surface area contributed by atoms with Crippen LogP contribution < -0.4 is 20.7 Å². The first-order valence-electron chi connectivity index (χ1n) is 10.1. The summed E-state index contributed by atoms with van der Waals surface area (Å²) in [7, 11) is 0. The lowest BCUT2D eigenvalue weighted by Crippen LogP contribution is -2.22. The summed E-state index contributed by atoms with van der Waals surface area (Å²) >= 11 is 0. The lowest BCUT2D eigenvalue weighted by Gasteiger charge is -2.17. The topological polar surface area (TPSA) is 110 Å². The Labute approximate surface area is 191 Å². The number of allylic oxidation sites excluding steroid dienone is 4. The molecule has 8 heteroatoms. The molecule has 0 bridgehead atoms. The van der Waals surface area contributed by atoms with E-state index in [4.69, 9.17) is 15.6 Å². The van der Waals surface area contributed by atoms with E-state index in [1.807, 2.05) is 30.3 Å². The van der Waals surface area contributed by atoms with E-state index in [9.17, 15) is 9.18 Å². The molecule has 1 amide bonds. The first kappa shape index (κ1) is 23.2. The van der Waals surface area contributed by atoms with E-state index in [-0.39, 0.29) is 22.7 Å². The molecule has 3 rings (SSSR count). The first-order valence-corrected chi connectivity index (χ1v) is 10.1. The van der Waals surface area contributed by atoms with Crippen LogP contribution in [-0.4, -0.2) is 17.8 Å². The van der Waals surface area contributed by atoms with E-state index >= 15 is 0 Å². The zero-order valence-corrected chi connectivity index (χ0v) is 18.2. The smallest absolute Gasteiger partial charge is 0.259 e. The van der Waals surface area contributed by atoms with Crippen molar-refractivity contribution >= 4 is 29.2 Å². The summed E-state index contributed by atoms with van der Waals surface area (Å²) in [5.41, 5.74) is 2.26. The molecule has 1 aliphatic rings. The van der Waals surface area contributed by atoms with Crippen molar-refractivity contribution in [3.63, 3.8) is 0 Å². The number of nitrogens with one attached hydrogen (secondary N) is 5. The highest BCUT2D eigenvalue weighted by Gasteiger charge is 2.18. The molecule has 7 nitrogen and oxygen atoms in total. The van der Waals surface area contributed by atoms with Crippen molar-refractivity contribution in [2.75, 3.05) is 10.6 Å². The summed E-state index contributed by atoms with van der Waals surface area (Å²) in [6.45, 7) is 3.22. The van der Waals surface area contributed by atoms with Crippen molar-refractivity contribution in [2.45, 2.75) is 13.8 Å². The van der Waals surface area contributed by atoms with Crippen LogP contribution in [-0.2, 0) is 4.79 Å². The van der Waals surface area contributed by atoms with Crippen molar-refractivity contribution in [3.05, 3.63) is 102 Å². The number of hydrogen-bond donors (Lipinski definition) is 5. The molecular formula is C25H24FN5O2. The lowest BCUT2D eigenvalue weighted by molar-refractivity contribution is -0.112. The van der Waals surface area contributed by atoms with Crippen LogP contribution in [0.5, 0.6) is 5.75 Å². The average Bonchev–Trinajstić information content (AvgIpc) is 2.77. The second-order valence-electron chi connectivity index (χ2n) is 7.10. The number of rotatable bonds is 8. The molecule has 0 unspecified atom stereocenters. The van der Waals surface area contributed by atoms with E-state index in [0.717, 1.165) is 18.0 Å². The summed E-state index contributed by atoms with van der Waals surface area (Å²) in [5.74, 6) is -0.886. The van der Waals surface area contributed by atoms with Gasteiger partial charge in [-0.15, -0.1) is 0 Å². The number of para-hydroxylation sites is 1. The highest BCUT2D eigenvalue weighted by atomic mass is 19.1. The highest BCUT2D eigenvalue weighted by Crippen LogP contribution is 2.26. The quantitative estimate of drug-likeness (QED) is 0.287. The van der Waals surface area contributed by atoms with E-state index in [1.165, 1.54) is 25.1 Å². The molecule has 0 atom stereocenters. The lowest BCUT2D eigenvalue weighted by atomic mass is 10.1. The van der Waals surface area contributed by atoms with Gasteiger partial charge in [0.1, 0.15) is 0 Å². The van der Waals surface area contributed by atoms with E-state index in [2.05, 4.69) is 16.0 Å². The monoisotopic (exact) mass is 445 g/mol. The summed E-state index contributed by atoms with van der Waals surface area (Å²) in [6.07, 6.45) is 7.60. The fourth-order valence-corrected chi connectivity index (χ4v) is 3.13. The maximum Gasteiger partial charge on any atom is 0.259 e. The number of carbonyl (C=O) groups is 1. The largest absolute Gasteiger partial charge is 0.452 e. The van der Waals surface area contributed by atoms with Gasteiger partial charge in [0, 0.05) is 41.3 Å². The fourth-order valence-electron chi connectivity index (χ4n) is 3.13. The third-order valence-electron chi connectivity index (χ3n) is 4.59. The third kappa shape index (κ3) is 6.04. The van der Waals surface area contributed by atoms with E-state index in [0.29, 0.717) is 17.2 Å². The minimum atomic E-state index is -0.673. The molecule has 0 aliphatic carbocycles. The Bertz CT molecular complexity index is 1200. The number of carbonyl (C=O) groups excluding carboxylic acids is 1. The normalized spacial score (nSPS) is 14.5. The highest BCUT2D eigenvalue weighted by molar-refractivity contribution is 6.24. The Kier molecular flexibility index (Phi) is 7.54. The van der Waals surface area contributed by atoms with Gasteiger partial charge in [-0.25, -0.2) is 4.39 Å². The van der Waals surface area contributed by atoms with Gasteiger partial charge in [0.2, 0.25) is 0 Å². The third-order valence-corrected chi connectivity index (χ3v) is 4.59. The molecule has 0 fully saturated rings. The molecule has 0 spiro atoms. The first-order chi connectivity index (χ1) is 15.9. The van der Waals surface area contributed by atoms with Crippen LogP contribution in [0.15, 0.2) is 95.7 Å². The van der Waals surface area contributed by atoms with Gasteiger partial charge >= 0.3 is 0 Å². The predicted octanol–water partition coefficient (Wildman–Crippen LogP) is 5.10. The number of dihydropyridines is 1. The molecule has 2 aromatic carbocycles. The van der Waals surface area contributed by atoms with Crippen LogP contribution in [0.2, 0.25) is 0 Å². The van der Waals surface area contributed by atoms with E-state index in [1.54, 1.807) is 25.3 Å². The molecule has 0 aromatic heterocycles. The zero-order chi connectivity index (χ0) is 23.8. The number of hydrogen-bond acceptors (Lipinski definition) is 6. The van der Waals surface area contributed by atoms with Crippen molar-refractivity contribution in [1.82, 2.24) is 5.32 Å². The minimum absolute atomic E-state index is 0.0341. The van der Waals surface area contributed by atoms with Crippen LogP contribution in [0, 0.1) is 16.6 Å². The van der Waals surface area contributed by atoms with Gasteiger partial charge in [-0.05, 0) is 56.3 Å². The van der Waals surface area contributed by atoms with Gasteiger partial charge in [-0.3, -0.25) is 4.79 Å². The molecule has 1 heterocycles. The predicted molar refractivity (Wildman–Crippen MR) is 129 cm³/mol. The molecular weight excluding hydrogens is 421 g/mol. The molecule has 5 N–H and O–H groups in total. The van der Waals surface area contributed by atoms with Crippen LogP contribution in [0.3, 0.4) is 0 Å². The molecule has 2 aromatic rings. The molecule has 1 aliphatic heterocycles. The van der Waals surface area contributed by atoms with Gasteiger partial charge in [0.15, 0.2) is 17.3 Å². The Morgan fingerprint density at radius 1 is 1.09 bits per heavy atom. The summed E-state index contributed by atoms with van der Waals surface area (Å²) in [6, 6.07) is 13.4. The summed E-state index contributed by atoms with van der Waals surface area (Å²) in [5, 5.41) is 23.9. The Hall–Kier alpha value is -4.46.